The van der Waals surface area contributed by atoms with Crippen LogP contribution in [0.25, 0.3) is 0 Å². The van der Waals surface area contributed by atoms with E-state index in [0.29, 0.717) is 23.6 Å². The minimum atomic E-state index is -0.264. The maximum absolute atomic E-state index is 13.9. The van der Waals surface area contributed by atoms with Gasteiger partial charge in [-0.15, -0.1) is 0 Å². The fraction of sp³-hybridized carbons (Fsp3) is 0.455. The summed E-state index contributed by atoms with van der Waals surface area (Å²) in [5.41, 5.74) is 1.53. The van der Waals surface area contributed by atoms with Gasteiger partial charge in [-0.1, -0.05) is 30.3 Å². The molecular weight excluding hydrogens is 430 g/mol. The molecule has 0 aliphatic carbocycles. The predicted octanol–water partition coefficient (Wildman–Crippen LogP) is -2.77. The van der Waals surface area contributed by atoms with Crippen LogP contribution in [0.3, 0.4) is 0 Å². The highest BCUT2D eigenvalue weighted by Crippen LogP contribution is 2.32. The molecule has 0 saturated carbocycles. The Bertz CT molecular complexity index is 746. The van der Waals surface area contributed by atoms with Crippen molar-refractivity contribution in [1.82, 2.24) is 10.2 Å². The Balaban J connectivity index is 0.00000225. The Labute approximate surface area is 190 Å². The molecule has 0 spiro atoms. The van der Waals surface area contributed by atoms with Gasteiger partial charge in [0.15, 0.2) is 11.5 Å². The van der Waals surface area contributed by atoms with Crippen LogP contribution in [-0.2, 0) is 17.9 Å². The first-order valence-electron chi connectivity index (χ1n) is 9.81. The number of rotatable bonds is 10. The average Bonchev–Trinajstić information content (AvgIpc) is 2.74. The van der Waals surface area contributed by atoms with Gasteiger partial charge in [-0.25, -0.2) is 4.39 Å². The van der Waals surface area contributed by atoms with Gasteiger partial charge in [-0.3, -0.25) is 4.90 Å². The Hall–Kier alpha value is -1.57. The molecule has 0 radical (unpaired) electrons. The lowest BCUT2D eigenvalue weighted by atomic mass is 10.1. The van der Waals surface area contributed by atoms with E-state index in [1.165, 1.54) is 6.07 Å². The van der Waals surface area contributed by atoms with Gasteiger partial charge in [0.05, 0.1) is 20.3 Å². The van der Waals surface area contributed by atoms with E-state index in [0.717, 1.165) is 51.4 Å². The molecule has 30 heavy (non-hydrogen) atoms. The molecule has 3 rings (SSSR count). The van der Waals surface area contributed by atoms with E-state index in [1.807, 2.05) is 18.2 Å². The number of hydrogen-bond donors (Lipinski definition) is 1. The third-order valence-electron chi connectivity index (χ3n) is 4.86. The van der Waals surface area contributed by atoms with E-state index < -0.39 is 0 Å². The highest BCUT2D eigenvalue weighted by Gasteiger charge is 2.13. The van der Waals surface area contributed by atoms with Crippen molar-refractivity contribution in [1.29, 1.82) is 0 Å². The Morgan fingerprint density at radius 3 is 2.50 bits per heavy atom. The van der Waals surface area contributed by atoms with E-state index in [9.17, 15) is 4.39 Å². The lowest BCUT2D eigenvalue weighted by Crippen LogP contribution is -3.00. The van der Waals surface area contributed by atoms with Gasteiger partial charge >= 0.3 is 0 Å². The molecule has 1 aliphatic heterocycles. The Morgan fingerprint density at radius 2 is 1.77 bits per heavy atom. The topological polar surface area (TPSA) is 43.0 Å². The molecule has 0 aromatic heterocycles. The summed E-state index contributed by atoms with van der Waals surface area (Å²) in [4.78, 5) is 2.43. The van der Waals surface area contributed by atoms with E-state index >= 15 is 0 Å². The summed E-state index contributed by atoms with van der Waals surface area (Å²) in [7, 11) is 1.62. The number of para-hydroxylation sites is 1. The number of nitrogens with one attached hydrogen (secondary N) is 1. The second-order valence-electron chi connectivity index (χ2n) is 6.81. The van der Waals surface area contributed by atoms with Crippen LogP contribution in [-0.4, -0.2) is 51.4 Å². The van der Waals surface area contributed by atoms with Crippen molar-refractivity contribution in [3.05, 3.63) is 59.4 Å². The summed E-state index contributed by atoms with van der Waals surface area (Å²) in [5.74, 6) is 1.05. The highest BCUT2D eigenvalue weighted by molar-refractivity contribution is 5.46. The average molecular weight is 459 g/mol. The number of morpholine rings is 1. The number of hydrogen-bond acceptors (Lipinski definition) is 5. The SMILES string of the molecule is COc1cccc(CNCCCN2CCOCC2)c1OCc1ccccc1F.[Cl-].[Cl-]. The van der Waals surface area contributed by atoms with Crippen LogP contribution in [0.2, 0.25) is 0 Å². The van der Waals surface area contributed by atoms with E-state index in [2.05, 4.69) is 10.2 Å². The molecule has 1 fully saturated rings. The molecule has 1 saturated heterocycles. The number of methoxy groups -OCH3 is 1. The third kappa shape index (κ3) is 7.93. The lowest BCUT2D eigenvalue weighted by molar-refractivity contribution is -0.001000. The van der Waals surface area contributed by atoms with Crippen LogP contribution in [0, 0.1) is 5.82 Å². The van der Waals surface area contributed by atoms with Gasteiger partial charge in [0.2, 0.25) is 0 Å². The first kappa shape index (κ1) is 26.5. The number of ether oxygens (including phenoxy) is 3. The van der Waals surface area contributed by atoms with Crippen LogP contribution in [0.5, 0.6) is 11.5 Å². The van der Waals surface area contributed by atoms with Gasteiger partial charge in [-0.05, 0) is 31.6 Å². The van der Waals surface area contributed by atoms with E-state index in [4.69, 9.17) is 14.2 Å². The molecule has 1 aliphatic rings. The molecule has 5 nitrogen and oxygen atoms in total. The van der Waals surface area contributed by atoms with Crippen molar-refractivity contribution in [2.24, 2.45) is 0 Å². The molecular formula is C22H29Cl2FN2O3-2. The number of halogens is 3. The van der Waals surface area contributed by atoms with Crippen molar-refractivity contribution in [3.8, 4) is 11.5 Å². The smallest absolute Gasteiger partial charge is 0.166 e. The van der Waals surface area contributed by atoms with Gasteiger partial charge in [0, 0.05) is 30.8 Å². The van der Waals surface area contributed by atoms with Crippen molar-refractivity contribution in [2.75, 3.05) is 46.5 Å². The predicted molar refractivity (Wildman–Crippen MR) is 107 cm³/mol. The van der Waals surface area contributed by atoms with Crippen LogP contribution < -0.4 is 39.6 Å². The number of benzene rings is 2. The normalized spacial score (nSPS) is 13.8. The van der Waals surface area contributed by atoms with Crippen LogP contribution in [0.4, 0.5) is 4.39 Å². The molecule has 8 heteroatoms. The Morgan fingerprint density at radius 1 is 1.03 bits per heavy atom. The second kappa shape index (κ2) is 14.4. The second-order valence-corrected chi connectivity index (χ2v) is 6.81. The summed E-state index contributed by atoms with van der Waals surface area (Å²) < 4.78 is 30.7. The summed E-state index contributed by atoms with van der Waals surface area (Å²) in [5, 5.41) is 3.47. The summed E-state index contributed by atoms with van der Waals surface area (Å²) in [6.07, 6.45) is 1.08. The molecule has 2 aromatic carbocycles. The largest absolute Gasteiger partial charge is 1.00 e. The molecule has 1 N–H and O–H groups in total. The molecule has 168 valence electrons. The van der Waals surface area contributed by atoms with Gasteiger partial charge < -0.3 is 44.3 Å². The van der Waals surface area contributed by atoms with E-state index in [-0.39, 0.29) is 37.2 Å². The van der Waals surface area contributed by atoms with Crippen molar-refractivity contribution >= 4 is 0 Å². The van der Waals surface area contributed by atoms with Gasteiger partial charge in [-0.2, -0.15) is 0 Å². The monoisotopic (exact) mass is 458 g/mol. The van der Waals surface area contributed by atoms with Crippen LogP contribution in [0.15, 0.2) is 42.5 Å². The van der Waals surface area contributed by atoms with Crippen molar-refractivity contribution in [2.45, 2.75) is 19.6 Å². The molecule has 0 atom stereocenters. The molecule has 0 amide bonds. The molecule has 0 unspecified atom stereocenters. The summed E-state index contributed by atoms with van der Waals surface area (Å²) in [6, 6.07) is 12.5. The fourth-order valence-electron chi connectivity index (χ4n) is 3.27. The van der Waals surface area contributed by atoms with Crippen molar-refractivity contribution in [3.63, 3.8) is 0 Å². The maximum atomic E-state index is 13.9. The molecule has 0 bridgehead atoms. The van der Waals surface area contributed by atoms with Gasteiger partial charge in [0.25, 0.3) is 0 Å². The fourth-order valence-corrected chi connectivity index (χ4v) is 3.27. The first-order chi connectivity index (χ1) is 13.8. The zero-order chi connectivity index (χ0) is 19.6. The molecule has 1 heterocycles. The third-order valence-corrected chi connectivity index (χ3v) is 4.86. The van der Waals surface area contributed by atoms with Gasteiger partial charge in [0.1, 0.15) is 12.4 Å². The minimum absolute atomic E-state index is 0. The zero-order valence-electron chi connectivity index (χ0n) is 17.2. The quantitative estimate of drug-likeness (QED) is 0.390. The lowest BCUT2D eigenvalue weighted by Gasteiger charge is -2.26. The first-order valence-corrected chi connectivity index (χ1v) is 9.81. The molecule has 2 aromatic rings. The summed E-state index contributed by atoms with van der Waals surface area (Å²) in [6.45, 7) is 6.53. The zero-order valence-corrected chi connectivity index (χ0v) is 18.7. The summed E-state index contributed by atoms with van der Waals surface area (Å²) >= 11 is 0. The number of nitrogens with zero attached hydrogens (tertiary/aromatic N) is 1. The van der Waals surface area contributed by atoms with E-state index in [1.54, 1.807) is 25.3 Å². The standard InChI is InChI=1S/C22H29FN2O3.2ClH/c1-26-21-9-4-7-18(16-24-10-5-11-25-12-14-27-15-13-25)22(21)28-17-19-6-2-3-8-20(19)23;;/h2-4,6-9,24H,5,10-17H2,1H3;2*1H/p-2. The minimum Gasteiger partial charge on any atom is -1.00 e. The van der Waals surface area contributed by atoms with Crippen LogP contribution >= 0.6 is 0 Å². The van der Waals surface area contributed by atoms with Crippen LogP contribution in [0.1, 0.15) is 17.5 Å². The highest BCUT2D eigenvalue weighted by atomic mass is 35.5. The Kier molecular flexibility index (Phi) is 12.7. The van der Waals surface area contributed by atoms with Crippen molar-refractivity contribution < 1.29 is 43.4 Å². The maximum Gasteiger partial charge on any atom is 0.166 e.